The zero-order chi connectivity index (χ0) is 16.2. The Bertz CT molecular complexity index is 602. The van der Waals surface area contributed by atoms with Crippen LogP contribution in [0.25, 0.3) is 0 Å². The Labute approximate surface area is 132 Å². The maximum absolute atomic E-state index is 12.9. The van der Waals surface area contributed by atoms with E-state index in [1.54, 1.807) is 12.1 Å². The fraction of sp³-hybridized carbons (Fsp3) is 0.600. The van der Waals surface area contributed by atoms with Gasteiger partial charge in [0.15, 0.2) is 0 Å². The molecule has 1 aromatic carbocycles. The summed E-state index contributed by atoms with van der Waals surface area (Å²) >= 11 is 0. The maximum atomic E-state index is 12.9. The summed E-state index contributed by atoms with van der Waals surface area (Å²) in [5.41, 5.74) is 5.60. The van der Waals surface area contributed by atoms with Crippen LogP contribution in [0.1, 0.15) is 19.3 Å². The Balaban J connectivity index is 2.33. The largest absolute Gasteiger partial charge is 0.497 e. The van der Waals surface area contributed by atoms with Gasteiger partial charge in [-0.15, -0.1) is 0 Å². The van der Waals surface area contributed by atoms with E-state index in [1.807, 2.05) is 0 Å². The highest BCUT2D eigenvalue weighted by molar-refractivity contribution is 7.89. The lowest BCUT2D eigenvalue weighted by molar-refractivity contribution is 0.257. The summed E-state index contributed by atoms with van der Waals surface area (Å²) in [7, 11) is -0.624. The maximum Gasteiger partial charge on any atom is 0.246 e. The van der Waals surface area contributed by atoms with E-state index in [4.69, 9.17) is 15.2 Å². The van der Waals surface area contributed by atoms with Crippen LogP contribution < -0.4 is 15.2 Å². The molecule has 1 unspecified atom stereocenters. The molecule has 1 aliphatic rings. The molecule has 0 bridgehead atoms. The van der Waals surface area contributed by atoms with Crippen molar-refractivity contribution >= 4 is 10.0 Å². The monoisotopic (exact) mass is 328 g/mol. The van der Waals surface area contributed by atoms with Gasteiger partial charge in [-0.1, -0.05) is 0 Å². The summed E-state index contributed by atoms with van der Waals surface area (Å²) in [6.07, 6.45) is 2.73. The molecule has 2 N–H and O–H groups in total. The highest BCUT2D eigenvalue weighted by Crippen LogP contribution is 2.32. The number of benzene rings is 1. The minimum absolute atomic E-state index is 0.155. The van der Waals surface area contributed by atoms with Crippen LogP contribution in [-0.2, 0) is 10.0 Å². The van der Waals surface area contributed by atoms with Gasteiger partial charge in [0, 0.05) is 19.2 Å². The summed E-state index contributed by atoms with van der Waals surface area (Å²) in [4.78, 5) is 0.155. The normalized spacial score (nSPS) is 19.9. The highest BCUT2D eigenvalue weighted by Gasteiger charge is 2.32. The molecule has 2 rings (SSSR count). The third kappa shape index (κ3) is 3.53. The Morgan fingerprint density at radius 3 is 2.73 bits per heavy atom. The first-order valence-corrected chi connectivity index (χ1v) is 8.89. The summed E-state index contributed by atoms with van der Waals surface area (Å²) in [5.74, 6) is 1.15. The van der Waals surface area contributed by atoms with Gasteiger partial charge in [-0.25, -0.2) is 8.42 Å². The molecule has 1 saturated heterocycles. The van der Waals surface area contributed by atoms with Gasteiger partial charge in [0.1, 0.15) is 16.4 Å². The van der Waals surface area contributed by atoms with Gasteiger partial charge >= 0.3 is 0 Å². The van der Waals surface area contributed by atoms with E-state index in [1.165, 1.54) is 24.6 Å². The summed E-state index contributed by atoms with van der Waals surface area (Å²) in [6, 6.07) is 4.82. The predicted molar refractivity (Wildman–Crippen MR) is 84.7 cm³/mol. The molecule has 124 valence electrons. The van der Waals surface area contributed by atoms with Crippen LogP contribution in [0.3, 0.4) is 0 Å². The first-order valence-electron chi connectivity index (χ1n) is 7.45. The smallest absolute Gasteiger partial charge is 0.246 e. The number of methoxy groups -OCH3 is 2. The molecule has 22 heavy (non-hydrogen) atoms. The van der Waals surface area contributed by atoms with Gasteiger partial charge in [0.05, 0.1) is 14.2 Å². The molecule has 0 aliphatic carbocycles. The molecule has 1 fully saturated rings. The SMILES string of the molecule is COc1ccc(OC)c(S(=O)(=O)N2CCCC(CCN)C2)c1. The zero-order valence-electron chi connectivity index (χ0n) is 13.1. The van der Waals surface area contributed by atoms with Crippen LogP contribution in [0.5, 0.6) is 11.5 Å². The summed E-state index contributed by atoms with van der Waals surface area (Å²) in [6.45, 7) is 1.63. The molecule has 1 aromatic rings. The van der Waals surface area contributed by atoms with Crippen LogP contribution in [-0.4, -0.2) is 46.6 Å². The molecule has 0 spiro atoms. The lowest BCUT2D eigenvalue weighted by atomic mass is 9.96. The van der Waals surface area contributed by atoms with E-state index >= 15 is 0 Å². The number of hydrogen-bond donors (Lipinski definition) is 1. The Kier molecular flexibility index (Phi) is 5.66. The number of nitrogens with zero attached hydrogens (tertiary/aromatic N) is 1. The van der Waals surface area contributed by atoms with E-state index in [0.717, 1.165) is 19.3 Å². The minimum Gasteiger partial charge on any atom is -0.497 e. The van der Waals surface area contributed by atoms with Gasteiger partial charge in [-0.2, -0.15) is 4.31 Å². The Morgan fingerprint density at radius 1 is 1.32 bits per heavy atom. The molecule has 0 saturated carbocycles. The van der Waals surface area contributed by atoms with E-state index < -0.39 is 10.0 Å². The first-order chi connectivity index (χ1) is 10.5. The van der Waals surface area contributed by atoms with Crippen molar-refractivity contribution in [1.29, 1.82) is 0 Å². The van der Waals surface area contributed by atoms with E-state index in [2.05, 4.69) is 0 Å². The fourth-order valence-corrected chi connectivity index (χ4v) is 4.57. The van der Waals surface area contributed by atoms with Gasteiger partial charge in [-0.05, 0) is 43.9 Å². The number of sulfonamides is 1. The number of hydrogen-bond acceptors (Lipinski definition) is 5. The number of rotatable bonds is 6. The van der Waals surface area contributed by atoms with Crippen LogP contribution in [0.15, 0.2) is 23.1 Å². The minimum atomic E-state index is -3.60. The molecular weight excluding hydrogens is 304 g/mol. The lowest BCUT2D eigenvalue weighted by Gasteiger charge is -2.32. The van der Waals surface area contributed by atoms with Crippen molar-refractivity contribution in [3.63, 3.8) is 0 Å². The van der Waals surface area contributed by atoms with Crippen molar-refractivity contribution in [2.24, 2.45) is 11.7 Å². The molecule has 6 nitrogen and oxygen atoms in total. The number of piperidine rings is 1. The molecule has 1 aliphatic heterocycles. The van der Waals surface area contributed by atoms with Crippen LogP contribution >= 0.6 is 0 Å². The molecule has 1 atom stereocenters. The number of nitrogens with two attached hydrogens (primary N) is 1. The Hall–Kier alpha value is -1.31. The average Bonchev–Trinajstić information content (AvgIpc) is 2.54. The molecule has 0 aromatic heterocycles. The van der Waals surface area contributed by atoms with Gasteiger partial charge in [0.25, 0.3) is 0 Å². The first kappa shape index (κ1) is 17.1. The summed E-state index contributed by atoms with van der Waals surface area (Å²) < 4.78 is 37.8. The molecule has 0 amide bonds. The molecule has 1 heterocycles. The second-order valence-corrected chi connectivity index (χ2v) is 7.37. The van der Waals surface area contributed by atoms with Crippen molar-refractivity contribution in [3.8, 4) is 11.5 Å². The van der Waals surface area contributed by atoms with Crippen molar-refractivity contribution in [3.05, 3.63) is 18.2 Å². The molecule has 0 radical (unpaired) electrons. The van der Waals surface area contributed by atoms with Crippen molar-refractivity contribution in [2.45, 2.75) is 24.2 Å². The van der Waals surface area contributed by atoms with Crippen molar-refractivity contribution in [1.82, 2.24) is 4.31 Å². The predicted octanol–water partition coefficient (Wildman–Crippen LogP) is 1.45. The lowest BCUT2D eigenvalue weighted by Crippen LogP contribution is -2.40. The second-order valence-electron chi connectivity index (χ2n) is 5.47. The van der Waals surface area contributed by atoms with E-state index in [0.29, 0.717) is 37.1 Å². The third-order valence-corrected chi connectivity index (χ3v) is 5.93. The topological polar surface area (TPSA) is 81.9 Å². The second kappa shape index (κ2) is 7.30. The highest BCUT2D eigenvalue weighted by atomic mass is 32.2. The van der Waals surface area contributed by atoms with Gasteiger partial charge in [0.2, 0.25) is 10.0 Å². The van der Waals surface area contributed by atoms with E-state index in [-0.39, 0.29) is 4.90 Å². The average molecular weight is 328 g/mol. The fourth-order valence-electron chi connectivity index (χ4n) is 2.84. The quantitative estimate of drug-likeness (QED) is 0.855. The van der Waals surface area contributed by atoms with Gasteiger partial charge < -0.3 is 15.2 Å². The van der Waals surface area contributed by atoms with E-state index in [9.17, 15) is 8.42 Å². The van der Waals surface area contributed by atoms with Crippen LogP contribution in [0, 0.1) is 5.92 Å². The molecule has 7 heteroatoms. The third-order valence-electron chi connectivity index (χ3n) is 4.05. The molecular formula is C15H24N2O4S. The van der Waals surface area contributed by atoms with Crippen molar-refractivity contribution < 1.29 is 17.9 Å². The standard InChI is InChI=1S/C15H24N2O4S/c1-20-13-5-6-14(21-2)15(10-13)22(18,19)17-9-3-4-12(11-17)7-8-16/h5-6,10,12H,3-4,7-9,11,16H2,1-2H3. The Morgan fingerprint density at radius 2 is 2.09 bits per heavy atom. The van der Waals surface area contributed by atoms with Gasteiger partial charge in [-0.3, -0.25) is 0 Å². The number of ether oxygens (including phenoxy) is 2. The van der Waals surface area contributed by atoms with Crippen molar-refractivity contribution in [2.75, 3.05) is 33.9 Å². The van der Waals surface area contributed by atoms with Crippen LogP contribution in [0.2, 0.25) is 0 Å². The summed E-state index contributed by atoms with van der Waals surface area (Å²) in [5, 5.41) is 0. The van der Waals surface area contributed by atoms with Crippen LogP contribution in [0.4, 0.5) is 0 Å². The zero-order valence-corrected chi connectivity index (χ0v) is 13.9.